The molecule has 3 rings (SSSR count). The highest BCUT2D eigenvalue weighted by atomic mass is 79.9. The van der Waals surface area contributed by atoms with Crippen LogP contribution in [0.5, 0.6) is 5.88 Å². The monoisotopic (exact) mass is 376 g/mol. The van der Waals surface area contributed by atoms with Crippen molar-refractivity contribution in [2.24, 2.45) is 5.73 Å². The Morgan fingerprint density at radius 3 is 2.83 bits per heavy atom. The molecule has 0 radical (unpaired) electrons. The lowest BCUT2D eigenvalue weighted by molar-refractivity contribution is 0.377. The van der Waals surface area contributed by atoms with Crippen molar-refractivity contribution in [2.45, 2.75) is 25.7 Å². The summed E-state index contributed by atoms with van der Waals surface area (Å²) < 4.78 is 20.6. The number of ether oxygens (including phenoxy) is 1. The van der Waals surface area contributed by atoms with Gasteiger partial charge in [0.15, 0.2) is 0 Å². The number of nitrogens with zero attached hydrogens (tertiary/aromatic N) is 2. The summed E-state index contributed by atoms with van der Waals surface area (Å²) in [5.74, 6) is -0.719. The Morgan fingerprint density at radius 1 is 1.48 bits per heavy atom. The van der Waals surface area contributed by atoms with Gasteiger partial charge in [-0.1, -0.05) is 35.8 Å². The second kappa shape index (κ2) is 5.70. The lowest BCUT2D eigenvalue weighted by Gasteiger charge is -2.25. The number of halogens is 2. The minimum Gasteiger partial charge on any atom is -0.420 e. The summed E-state index contributed by atoms with van der Waals surface area (Å²) >= 11 is 3.24. The van der Waals surface area contributed by atoms with Crippen molar-refractivity contribution in [2.75, 3.05) is 0 Å². The zero-order valence-corrected chi connectivity index (χ0v) is 14.1. The van der Waals surface area contributed by atoms with E-state index >= 15 is 0 Å². The third-order valence-corrected chi connectivity index (χ3v) is 4.31. The maximum Gasteiger partial charge on any atom is 0.244 e. The fraction of sp³-hybridized carbons (Fsp3) is 0.250. The number of nitrogens with two attached hydrogens (primary N) is 1. The largest absolute Gasteiger partial charge is 0.420 e. The Hall–Kier alpha value is -2.33. The van der Waals surface area contributed by atoms with Crippen molar-refractivity contribution in [3.8, 4) is 11.9 Å². The fourth-order valence-corrected chi connectivity index (χ4v) is 3.09. The Bertz CT molecular complexity index is 850. The highest BCUT2D eigenvalue weighted by Crippen LogP contribution is 2.45. The minimum atomic E-state index is -0.645. The molecule has 1 aliphatic rings. The lowest BCUT2D eigenvalue weighted by atomic mass is 9.82. The molecule has 0 spiro atoms. The number of benzene rings is 1. The predicted molar refractivity (Wildman–Crippen MR) is 86.1 cm³/mol. The lowest BCUT2D eigenvalue weighted by Crippen LogP contribution is -2.22. The average molecular weight is 377 g/mol. The van der Waals surface area contributed by atoms with Gasteiger partial charge < -0.3 is 10.5 Å². The Kier molecular flexibility index (Phi) is 3.86. The maximum atomic E-state index is 14.5. The first-order valence-electron chi connectivity index (χ1n) is 7.04. The van der Waals surface area contributed by atoms with Crippen LogP contribution in [0.15, 0.2) is 34.1 Å². The molecule has 118 valence electrons. The van der Waals surface area contributed by atoms with Gasteiger partial charge in [-0.25, -0.2) is 4.39 Å². The first-order valence-corrected chi connectivity index (χ1v) is 7.84. The predicted octanol–water partition coefficient (Wildman–Crippen LogP) is 3.65. The number of H-pyrrole nitrogens is 1. The van der Waals surface area contributed by atoms with Crippen LogP contribution in [-0.4, -0.2) is 10.2 Å². The van der Waals surface area contributed by atoms with E-state index in [0.717, 1.165) is 5.69 Å². The van der Waals surface area contributed by atoms with E-state index in [1.54, 1.807) is 12.1 Å². The number of nitrogens with one attached hydrogen (secondary N) is 1. The summed E-state index contributed by atoms with van der Waals surface area (Å²) in [6.07, 6.45) is 0. The van der Waals surface area contributed by atoms with Crippen LogP contribution in [0, 0.1) is 17.1 Å². The van der Waals surface area contributed by atoms with Crippen molar-refractivity contribution in [3.05, 3.63) is 56.8 Å². The molecule has 1 atom stereocenters. The van der Waals surface area contributed by atoms with E-state index in [1.165, 1.54) is 6.07 Å². The first-order chi connectivity index (χ1) is 10.9. The molecule has 3 N–H and O–H groups in total. The molecule has 0 fully saturated rings. The smallest absolute Gasteiger partial charge is 0.244 e. The number of aromatic amines is 1. The second-order valence-electron chi connectivity index (χ2n) is 5.60. The molecule has 7 heteroatoms. The molecule has 5 nitrogen and oxygen atoms in total. The van der Waals surface area contributed by atoms with Gasteiger partial charge in [0.1, 0.15) is 17.5 Å². The molecule has 0 aliphatic carbocycles. The van der Waals surface area contributed by atoms with Gasteiger partial charge in [0.25, 0.3) is 0 Å². The molecule has 0 saturated carbocycles. The standard InChI is InChI=1S/C16H14BrFN4O/c1-7(2)14-13-12(9-4-3-8(17)5-11(9)18)10(6-19)15(20)23-16(13)22-21-14/h3-5,7,12H,20H2,1-2H3,(H,21,22). The third-order valence-electron chi connectivity index (χ3n) is 3.82. The second-order valence-corrected chi connectivity index (χ2v) is 6.52. The van der Waals surface area contributed by atoms with Gasteiger partial charge in [0, 0.05) is 15.7 Å². The van der Waals surface area contributed by atoms with Crippen LogP contribution in [0.3, 0.4) is 0 Å². The van der Waals surface area contributed by atoms with Crippen LogP contribution in [0.4, 0.5) is 4.39 Å². The molecule has 1 aliphatic heterocycles. The van der Waals surface area contributed by atoms with Gasteiger partial charge in [-0.05, 0) is 18.1 Å². The minimum absolute atomic E-state index is 0.0471. The zero-order chi connectivity index (χ0) is 16.7. The van der Waals surface area contributed by atoms with E-state index in [0.29, 0.717) is 15.6 Å². The number of rotatable bonds is 2. The van der Waals surface area contributed by atoms with E-state index < -0.39 is 11.7 Å². The molecule has 1 unspecified atom stereocenters. The molecule has 1 aromatic heterocycles. The van der Waals surface area contributed by atoms with Crippen LogP contribution in [-0.2, 0) is 0 Å². The summed E-state index contributed by atoms with van der Waals surface area (Å²) in [6, 6.07) is 6.79. The molecule has 2 heterocycles. The van der Waals surface area contributed by atoms with Gasteiger partial charge in [0.05, 0.1) is 11.5 Å². The SMILES string of the molecule is CC(C)c1[nH]nc2c1C(c1ccc(Br)cc1F)C(C#N)=C(N)O2. The Labute approximate surface area is 141 Å². The molecule has 0 bridgehead atoms. The van der Waals surface area contributed by atoms with Crippen LogP contribution in [0.2, 0.25) is 0 Å². The molecule has 1 aromatic carbocycles. The number of allylic oxidation sites excluding steroid dienone is 1. The number of hydrogen-bond acceptors (Lipinski definition) is 4. The van der Waals surface area contributed by atoms with Crippen molar-refractivity contribution in [3.63, 3.8) is 0 Å². The molecule has 2 aromatic rings. The summed E-state index contributed by atoms with van der Waals surface area (Å²) in [6.45, 7) is 3.97. The highest BCUT2D eigenvalue weighted by Gasteiger charge is 2.37. The summed E-state index contributed by atoms with van der Waals surface area (Å²) in [7, 11) is 0. The number of hydrogen-bond donors (Lipinski definition) is 2. The van der Waals surface area contributed by atoms with Gasteiger partial charge in [0.2, 0.25) is 11.8 Å². The number of aromatic nitrogens is 2. The first kappa shape index (κ1) is 15.6. The third kappa shape index (κ3) is 2.49. The molecule has 0 amide bonds. The van der Waals surface area contributed by atoms with Crippen molar-refractivity contribution in [1.29, 1.82) is 5.26 Å². The fourth-order valence-electron chi connectivity index (χ4n) is 2.76. The molecular weight excluding hydrogens is 363 g/mol. The van der Waals surface area contributed by atoms with Crippen molar-refractivity contribution in [1.82, 2.24) is 10.2 Å². The van der Waals surface area contributed by atoms with Crippen LogP contribution in [0.25, 0.3) is 0 Å². The van der Waals surface area contributed by atoms with E-state index in [-0.39, 0.29) is 23.3 Å². The van der Waals surface area contributed by atoms with Crippen LogP contribution < -0.4 is 10.5 Å². The summed E-state index contributed by atoms with van der Waals surface area (Å²) in [5.41, 5.74) is 7.85. The van der Waals surface area contributed by atoms with Gasteiger partial charge in [-0.3, -0.25) is 5.10 Å². The highest BCUT2D eigenvalue weighted by molar-refractivity contribution is 9.10. The molecule has 0 saturated heterocycles. The van der Waals surface area contributed by atoms with E-state index in [9.17, 15) is 9.65 Å². The van der Waals surface area contributed by atoms with Crippen LogP contribution in [0.1, 0.15) is 42.5 Å². The Morgan fingerprint density at radius 2 is 2.22 bits per heavy atom. The molecular formula is C16H14BrFN4O. The number of nitriles is 1. The van der Waals surface area contributed by atoms with Gasteiger partial charge in [-0.2, -0.15) is 5.26 Å². The van der Waals surface area contributed by atoms with Gasteiger partial charge in [-0.15, -0.1) is 5.10 Å². The summed E-state index contributed by atoms with van der Waals surface area (Å²) in [5, 5.41) is 16.5. The number of fused-ring (bicyclic) bond motifs is 1. The molecule has 23 heavy (non-hydrogen) atoms. The van der Waals surface area contributed by atoms with Gasteiger partial charge >= 0.3 is 0 Å². The zero-order valence-electron chi connectivity index (χ0n) is 12.5. The maximum absolute atomic E-state index is 14.5. The van der Waals surface area contributed by atoms with Crippen LogP contribution >= 0.6 is 15.9 Å². The quantitative estimate of drug-likeness (QED) is 0.836. The van der Waals surface area contributed by atoms with E-state index in [4.69, 9.17) is 10.5 Å². The topological polar surface area (TPSA) is 87.7 Å². The normalized spacial score (nSPS) is 17.0. The van der Waals surface area contributed by atoms with Crippen molar-refractivity contribution >= 4 is 15.9 Å². The summed E-state index contributed by atoms with van der Waals surface area (Å²) in [4.78, 5) is 0. The Balaban J connectivity index is 2.28. The van der Waals surface area contributed by atoms with Crippen molar-refractivity contribution < 1.29 is 9.13 Å². The average Bonchev–Trinajstić information content (AvgIpc) is 2.89. The van der Waals surface area contributed by atoms with E-state index in [1.807, 2.05) is 13.8 Å². The van der Waals surface area contributed by atoms with E-state index in [2.05, 4.69) is 32.2 Å².